The van der Waals surface area contributed by atoms with Crippen molar-refractivity contribution in [3.05, 3.63) is 60.2 Å². The van der Waals surface area contributed by atoms with Crippen LogP contribution in [0.15, 0.2) is 54.6 Å². The van der Waals surface area contributed by atoms with E-state index in [0.717, 1.165) is 24.0 Å². The molecule has 1 atom stereocenters. The normalized spacial score (nSPS) is 17.2. The number of carbonyl (C=O) groups excluding carboxylic acids is 2. The summed E-state index contributed by atoms with van der Waals surface area (Å²) in [7, 11) is 0. The Hall–Kier alpha value is -2.62. The first-order chi connectivity index (χ1) is 12.2. The van der Waals surface area contributed by atoms with Crippen LogP contribution in [0.1, 0.15) is 30.1 Å². The zero-order chi connectivity index (χ0) is 17.6. The molecule has 0 aliphatic carbocycles. The second-order valence-corrected chi connectivity index (χ2v) is 6.29. The van der Waals surface area contributed by atoms with Gasteiger partial charge in [0, 0.05) is 18.7 Å². The number of esters is 1. The van der Waals surface area contributed by atoms with Crippen molar-refractivity contribution in [3.63, 3.8) is 0 Å². The molecule has 4 nitrogen and oxygen atoms in total. The number of likely N-dealkylation sites (tertiary alicyclic amines) is 1. The molecule has 25 heavy (non-hydrogen) atoms. The van der Waals surface area contributed by atoms with Gasteiger partial charge in [-0.05, 0) is 43.0 Å². The van der Waals surface area contributed by atoms with E-state index in [1.165, 1.54) is 0 Å². The van der Waals surface area contributed by atoms with E-state index in [2.05, 4.69) is 0 Å². The number of carbonyl (C=O) groups is 2. The SMILES string of the molecule is CCOC(=O)C1CCCN(C(=O)c2ccc(-c3ccccc3)cc2)C1. The van der Waals surface area contributed by atoms with Crippen molar-refractivity contribution in [1.82, 2.24) is 4.90 Å². The van der Waals surface area contributed by atoms with E-state index in [1.54, 1.807) is 11.8 Å². The van der Waals surface area contributed by atoms with Crippen LogP contribution in [0.3, 0.4) is 0 Å². The zero-order valence-electron chi connectivity index (χ0n) is 14.5. The van der Waals surface area contributed by atoms with Gasteiger partial charge in [-0.3, -0.25) is 9.59 Å². The fourth-order valence-corrected chi connectivity index (χ4v) is 3.23. The van der Waals surface area contributed by atoms with Crippen molar-refractivity contribution in [3.8, 4) is 11.1 Å². The van der Waals surface area contributed by atoms with Crippen molar-refractivity contribution in [2.45, 2.75) is 19.8 Å². The van der Waals surface area contributed by atoms with Gasteiger partial charge in [0.15, 0.2) is 0 Å². The van der Waals surface area contributed by atoms with E-state index in [4.69, 9.17) is 4.74 Å². The standard InChI is InChI=1S/C21H23NO3/c1-2-25-21(24)19-9-6-14-22(15-19)20(23)18-12-10-17(11-13-18)16-7-4-3-5-8-16/h3-5,7-8,10-13,19H,2,6,9,14-15H2,1H3. The quantitative estimate of drug-likeness (QED) is 0.798. The predicted molar refractivity (Wildman–Crippen MR) is 97.1 cm³/mol. The lowest BCUT2D eigenvalue weighted by Crippen LogP contribution is -2.42. The lowest BCUT2D eigenvalue weighted by atomic mass is 9.97. The predicted octanol–water partition coefficient (Wildman–Crippen LogP) is 3.77. The molecule has 1 amide bonds. The summed E-state index contributed by atoms with van der Waals surface area (Å²) in [5.41, 5.74) is 2.87. The van der Waals surface area contributed by atoms with Crippen LogP contribution < -0.4 is 0 Å². The minimum atomic E-state index is -0.207. The largest absolute Gasteiger partial charge is 0.466 e. The molecule has 1 aliphatic heterocycles. The van der Waals surface area contributed by atoms with Crippen LogP contribution in [0, 0.1) is 5.92 Å². The van der Waals surface area contributed by atoms with Gasteiger partial charge in [-0.25, -0.2) is 0 Å². The summed E-state index contributed by atoms with van der Waals surface area (Å²) < 4.78 is 5.10. The topological polar surface area (TPSA) is 46.6 Å². The number of piperidine rings is 1. The van der Waals surface area contributed by atoms with Crippen LogP contribution in [0.2, 0.25) is 0 Å². The van der Waals surface area contributed by atoms with E-state index < -0.39 is 0 Å². The molecule has 0 aromatic heterocycles. The smallest absolute Gasteiger partial charge is 0.310 e. The van der Waals surface area contributed by atoms with Crippen LogP contribution in [0.5, 0.6) is 0 Å². The first-order valence-electron chi connectivity index (χ1n) is 8.80. The molecule has 1 saturated heterocycles. The average Bonchev–Trinajstić information content (AvgIpc) is 2.68. The van der Waals surface area contributed by atoms with Crippen molar-refractivity contribution >= 4 is 11.9 Å². The molecule has 1 heterocycles. The van der Waals surface area contributed by atoms with Crippen molar-refractivity contribution in [2.24, 2.45) is 5.92 Å². The van der Waals surface area contributed by atoms with E-state index in [9.17, 15) is 9.59 Å². The minimum absolute atomic E-state index is 0.0198. The van der Waals surface area contributed by atoms with Crippen molar-refractivity contribution in [2.75, 3.05) is 19.7 Å². The summed E-state index contributed by atoms with van der Waals surface area (Å²) in [6, 6.07) is 17.7. The lowest BCUT2D eigenvalue weighted by molar-refractivity contribution is -0.149. The Kier molecular flexibility index (Phi) is 5.49. The Balaban J connectivity index is 1.69. The number of hydrogen-bond acceptors (Lipinski definition) is 3. The number of ether oxygens (including phenoxy) is 1. The highest BCUT2D eigenvalue weighted by Gasteiger charge is 2.29. The molecule has 130 valence electrons. The third-order valence-corrected chi connectivity index (χ3v) is 4.57. The fourth-order valence-electron chi connectivity index (χ4n) is 3.23. The highest BCUT2D eigenvalue weighted by atomic mass is 16.5. The van der Waals surface area contributed by atoms with Crippen LogP contribution in [-0.2, 0) is 9.53 Å². The average molecular weight is 337 g/mol. The van der Waals surface area contributed by atoms with Gasteiger partial charge >= 0.3 is 5.97 Å². The van der Waals surface area contributed by atoms with Gasteiger partial charge in [0.2, 0.25) is 0 Å². The second kappa shape index (κ2) is 7.97. The molecule has 1 unspecified atom stereocenters. The fraction of sp³-hybridized carbons (Fsp3) is 0.333. The maximum atomic E-state index is 12.7. The number of benzene rings is 2. The highest BCUT2D eigenvalue weighted by Crippen LogP contribution is 2.22. The van der Waals surface area contributed by atoms with E-state index >= 15 is 0 Å². The Morgan fingerprint density at radius 3 is 2.40 bits per heavy atom. The Morgan fingerprint density at radius 1 is 1.04 bits per heavy atom. The summed E-state index contributed by atoms with van der Waals surface area (Å²) in [4.78, 5) is 26.5. The van der Waals surface area contributed by atoms with Crippen molar-refractivity contribution in [1.29, 1.82) is 0 Å². The third-order valence-electron chi connectivity index (χ3n) is 4.57. The lowest BCUT2D eigenvalue weighted by Gasteiger charge is -2.31. The van der Waals surface area contributed by atoms with Gasteiger partial charge in [-0.15, -0.1) is 0 Å². The van der Waals surface area contributed by atoms with Gasteiger partial charge in [0.1, 0.15) is 0 Å². The summed E-state index contributed by atoms with van der Waals surface area (Å²) >= 11 is 0. The number of hydrogen-bond donors (Lipinski definition) is 0. The molecule has 1 fully saturated rings. The number of rotatable bonds is 4. The Labute approximate surface area is 148 Å². The Bertz CT molecular complexity index is 725. The number of amides is 1. The zero-order valence-corrected chi connectivity index (χ0v) is 14.5. The molecule has 0 bridgehead atoms. The van der Waals surface area contributed by atoms with Gasteiger partial charge in [0.05, 0.1) is 12.5 Å². The molecular weight excluding hydrogens is 314 g/mol. The number of nitrogens with zero attached hydrogens (tertiary/aromatic N) is 1. The van der Waals surface area contributed by atoms with Crippen LogP contribution >= 0.6 is 0 Å². The third kappa shape index (κ3) is 4.08. The summed E-state index contributed by atoms with van der Waals surface area (Å²) in [5.74, 6) is -0.422. The van der Waals surface area contributed by atoms with Gasteiger partial charge in [-0.1, -0.05) is 42.5 Å². The van der Waals surface area contributed by atoms with Crippen molar-refractivity contribution < 1.29 is 14.3 Å². The van der Waals surface area contributed by atoms with Crippen LogP contribution in [0.4, 0.5) is 0 Å². The van der Waals surface area contributed by atoms with Gasteiger partial charge < -0.3 is 9.64 Å². The minimum Gasteiger partial charge on any atom is -0.466 e. The molecule has 2 aromatic carbocycles. The van der Waals surface area contributed by atoms with E-state index in [0.29, 0.717) is 25.3 Å². The van der Waals surface area contributed by atoms with E-state index in [1.807, 2.05) is 54.6 Å². The monoisotopic (exact) mass is 337 g/mol. The van der Waals surface area contributed by atoms with Crippen LogP contribution in [0.25, 0.3) is 11.1 Å². The molecule has 0 radical (unpaired) electrons. The van der Waals surface area contributed by atoms with E-state index in [-0.39, 0.29) is 17.8 Å². The van der Waals surface area contributed by atoms with Gasteiger partial charge in [-0.2, -0.15) is 0 Å². The second-order valence-electron chi connectivity index (χ2n) is 6.29. The first-order valence-corrected chi connectivity index (χ1v) is 8.80. The molecule has 1 aliphatic rings. The molecule has 4 heteroatoms. The van der Waals surface area contributed by atoms with Crippen LogP contribution in [-0.4, -0.2) is 36.5 Å². The molecule has 0 spiro atoms. The molecule has 0 saturated carbocycles. The maximum Gasteiger partial charge on any atom is 0.310 e. The van der Waals surface area contributed by atoms with Gasteiger partial charge in [0.25, 0.3) is 5.91 Å². The summed E-state index contributed by atoms with van der Waals surface area (Å²) in [6.07, 6.45) is 1.62. The highest BCUT2D eigenvalue weighted by molar-refractivity contribution is 5.95. The molecule has 3 rings (SSSR count). The molecule has 2 aromatic rings. The Morgan fingerprint density at radius 2 is 1.72 bits per heavy atom. The summed E-state index contributed by atoms with van der Waals surface area (Å²) in [5, 5.41) is 0. The maximum absolute atomic E-state index is 12.7. The molecular formula is C21H23NO3. The summed E-state index contributed by atoms with van der Waals surface area (Å²) in [6.45, 7) is 3.31. The molecule has 0 N–H and O–H groups in total. The first kappa shape index (κ1) is 17.2.